The maximum Gasteiger partial charge on any atom is 0.236 e. The number of nitrogens with one attached hydrogen (secondary N) is 1. The molecular weight excluding hydrogens is 593 g/mol. The van der Waals surface area contributed by atoms with Gasteiger partial charge in [-0.2, -0.15) is 0 Å². The Morgan fingerprint density at radius 2 is 2.00 bits per heavy atom. The highest BCUT2D eigenvalue weighted by atomic mass is 79.9. The lowest BCUT2D eigenvalue weighted by atomic mass is 10.2. The van der Waals surface area contributed by atoms with E-state index in [2.05, 4.69) is 36.4 Å². The van der Waals surface area contributed by atoms with Crippen LogP contribution in [0.2, 0.25) is 10.0 Å². The first-order chi connectivity index (χ1) is 16.8. The molecule has 0 saturated heterocycles. The molecule has 2 aromatic heterocycles. The van der Waals surface area contributed by atoms with Gasteiger partial charge in [-0.3, -0.25) is 4.79 Å². The number of rotatable bonds is 9. The summed E-state index contributed by atoms with van der Waals surface area (Å²) < 4.78 is 8.89. The summed E-state index contributed by atoms with van der Waals surface area (Å²) in [6.45, 7) is 4.46. The van der Waals surface area contributed by atoms with Crippen molar-refractivity contribution in [2.75, 3.05) is 11.1 Å². The minimum Gasteiger partial charge on any atom is -0.481 e. The molecular formula is C23H20BrCl2N5O2S2. The van der Waals surface area contributed by atoms with Gasteiger partial charge >= 0.3 is 0 Å². The quantitative estimate of drug-likeness (QED) is 0.199. The maximum atomic E-state index is 12.5. The lowest BCUT2D eigenvalue weighted by Gasteiger charge is -2.16. The Balaban J connectivity index is 1.37. The van der Waals surface area contributed by atoms with Crippen LogP contribution in [0.25, 0.3) is 11.3 Å². The average Bonchev–Trinajstić information content (AvgIpc) is 3.47. The highest BCUT2D eigenvalue weighted by Gasteiger charge is 2.20. The van der Waals surface area contributed by atoms with Crippen molar-refractivity contribution < 1.29 is 9.53 Å². The van der Waals surface area contributed by atoms with Gasteiger partial charge in [-0.1, -0.05) is 63.0 Å². The number of halogens is 3. The van der Waals surface area contributed by atoms with Crippen LogP contribution < -0.4 is 10.1 Å². The number of thioether (sulfide) groups is 1. The molecule has 1 unspecified atom stereocenters. The summed E-state index contributed by atoms with van der Waals surface area (Å²) in [5.41, 5.74) is 1.80. The summed E-state index contributed by atoms with van der Waals surface area (Å²) in [5, 5.41) is 15.5. The molecule has 0 aliphatic heterocycles. The minimum atomic E-state index is -0.422. The van der Waals surface area contributed by atoms with E-state index in [0.29, 0.717) is 38.5 Å². The van der Waals surface area contributed by atoms with Crippen LogP contribution in [-0.4, -0.2) is 31.4 Å². The van der Waals surface area contributed by atoms with E-state index in [1.807, 2.05) is 48.1 Å². The van der Waals surface area contributed by atoms with Gasteiger partial charge in [0.15, 0.2) is 22.2 Å². The number of hydrogen-bond acceptors (Lipinski definition) is 7. The van der Waals surface area contributed by atoms with E-state index >= 15 is 0 Å². The number of ether oxygens (including phenoxy) is 1. The molecule has 7 nitrogen and oxygen atoms in total. The Morgan fingerprint density at radius 3 is 2.74 bits per heavy atom. The third kappa shape index (κ3) is 6.56. The first-order valence-electron chi connectivity index (χ1n) is 10.5. The number of carbonyl (C=O) groups is 1. The maximum absolute atomic E-state index is 12.5. The number of nitrogens with zero attached hydrogens (tertiary/aromatic N) is 4. The standard InChI is InChI=1S/C23H20BrCl2N5O2S2/c1-3-31-21(13(2)33-19-10-16(25)8-9-17(19)26)29-30-23(31)35-12-20(32)28-22-27-18(11-34-22)14-4-6-15(24)7-5-14/h4-11,13H,3,12H2,1-2H3,(H,27,28,32). The first-order valence-corrected chi connectivity index (χ1v) is 13.9. The summed E-state index contributed by atoms with van der Waals surface area (Å²) in [5.74, 6) is 1.09. The Labute approximate surface area is 229 Å². The number of benzene rings is 2. The number of carbonyl (C=O) groups excluding carboxylic acids is 1. The van der Waals surface area contributed by atoms with Gasteiger partial charge in [-0.05, 0) is 38.1 Å². The van der Waals surface area contributed by atoms with Crippen LogP contribution >= 0.6 is 62.2 Å². The monoisotopic (exact) mass is 611 g/mol. The normalized spacial score (nSPS) is 11.9. The second-order valence-corrected chi connectivity index (χ2v) is 10.9. The van der Waals surface area contributed by atoms with Gasteiger partial charge in [-0.25, -0.2) is 4.98 Å². The fourth-order valence-corrected chi connectivity index (χ4v) is 5.32. The van der Waals surface area contributed by atoms with E-state index in [4.69, 9.17) is 27.9 Å². The molecule has 0 radical (unpaired) electrons. The Hall–Kier alpha value is -2.11. The first kappa shape index (κ1) is 26.0. The molecule has 1 N–H and O–H groups in total. The smallest absolute Gasteiger partial charge is 0.236 e. The summed E-state index contributed by atoms with van der Waals surface area (Å²) in [6, 6.07) is 12.9. The van der Waals surface area contributed by atoms with E-state index in [9.17, 15) is 4.79 Å². The van der Waals surface area contributed by atoms with Crippen molar-refractivity contribution >= 4 is 73.3 Å². The molecule has 0 saturated carbocycles. The number of hydrogen-bond donors (Lipinski definition) is 1. The second-order valence-electron chi connectivity index (χ2n) is 7.30. The van der Waals surface area contributed by atoms with Crippen LogP contribution in [0.15, 0.2) is 57.5 Å². The number of aromatic nitrogens is 4. The highest BCUT2D eigenvalue weighted by molar-refractivity contribution is 9.10. The van der Waals surface area contributed by atoms with Crippen LogP contribution in [0.5, 0.6) is 5.75 Å². The fraction of sp³-hybridized carbons (Fsp3) is 0.217. The zero-order chi connectivity index (χ0) is 24.9. The molecule has 4 rings (SSSR count). The van der Waals surface area contributed by atoms with Crippen LogP contribution in [0.3, 0.4) is 0 Å². The molecule has 2 aromatic carbocycles. The Morgan fingerprint density at radius 1 is 1.23 bits per heavy atom. The predicted octanol–water partition coefficient (Wildman–Crippen LogP) is 7.36. The SMILES string of the molecule is CCn1c(SCC(=O)Nc2nc(-c3ccc(Br)cc3)cs2)nnc1C(C)Oc1cc(Cl)ccc1Cl. The van der Waals surface area contributed by atoms with Gasteiger partial charge in [0, 0.05) is 33.0 Å². The van der Waals surface area contributed by atoms with E-state index in [1.165, 1.54) is 23.1 Å². The minimum absolute atomic E-state index is 0.167. The van der Waals surface area contributed by atoms with Crippen molar-refractivity contribution in [3.05, 3.63) is 68.2 Å². The number of amides is 1. The molecule has 12 heteroatoms. The largest absolute Gasteiger partial charge is 0.481 e. The third-order valence-electron chi connectivity index (χ3n) is 4.85. The molecule has 0 spiro atoms. The Kier molecular flexibility index (Phi) is 8.72. The molecule has 182 valence electrons. The molecule has 35 heavy (non-hydrogen) atoms. The van der Waals surface area contributed by atoms with E-state index in [-0.39, 0.29) is 11.7 Å². The van der Waals surface area contributed by atoms with Gasteiger partial charge in [0.25, 0.3) is 0 Å². The van der Waals surface area contributed by atoms with Crippen molar-refractivity contribution in [1.29, 1.82) is 0 Å². The van der Waals surface area contributed by atoms with Gasteiger partial charge in [0.05, 0.1) is 16.5 Å². The van der Waals surface area contributed by atoms with Crippen molar-refractivity contribution in [3.63, 3.8) is 0 Å². The lowest BCUT2D eigenvalue weighted by molar-refractivity contribution is -0.113. The van der Waals surface area contributed by atoms with Crippen LogP contribution in [0.4, 0.5) is 5.13 Å². The summed E-state index contributed by atoms with van der Waals surface area (Å²) in [6.07, 6.45) is -0.422. The average molecular weight is 613 g/mol. The Bertz CT molecular complexity index is 1330. The topological polar surface area (TPSA) is 81.9 Å². The van der Waals surface area contributed by atoms with Crippen molar-refractivity contribution in [2.24, 2.45) is 0 Å². The highest BCUT2D eigenvalue weighted by Crippen LogP contribution is 2.32. The summed E-state index contributed by atoms with van der Waals surface area (Å²) in [7, 11) is 0. The zero-order valence-electron chi connectivity index (χ0n) is 18.7. The van der Waals surface area contributed by atoms with Crippen molar-refractivity contribution in [3.8, 4) is 17.0 Å². The molecule has 0 aliphatic rings. The molecule has 1 atom stereocenters. The van der Waals surface area contributed by atoms with Crippen molar-refractivity contribution in [2.45, 2.75) is 31.7 Å². The van der Waals surface area contributed by atoms with E-state index < -0.39 is 6.10 Å². The van der Waals surface area contributed by atoms with Gasteiger partial charge in [0.1, 0.15) is 5.75 Å². The lowest BCUT2D eigenvalue weighted by Crippen LogP contribution is -2.15. The third-order valence-corrected chi connectivity index (χ3v) is 7.65. The fourth-order valence-electron chi connectivity index (χ4n) is 3.19. The molecule has 1 amide bonds. The van der Waals surface area contributed by atoms with Crippen LogP contribution in [0, 0.1) is 0 Å². The summed E-state index contributed by atoms with van der Waals surface area (Å²) >= 11 is 18.4. The zero-order valence-corrected chi connectivity index (χ0v) is 23.4. The predicted molar refractivity (Wildman–Crippen MR) is 146 cm³/mol. The van der Waals surface area contributed by atoms with E-state index in [1.54, 1.807) is 18.2 Å². The molecule has 0 bridgehead atoms. The van der Waals surface area contributed by atoms with Crippen LogP contribution in [-0.2, 0) is 11.3 Å². The number of thiazole rings is 1. The van der Waals surface area contributed by atoms with Crippen LogP contribution in [0.1, 0.15) is 25.8 Å². The van der Waals surface area contributed by atoms with E-state index in [0.717, 1.165) is 15.7 Å². The van der Waals surface area contributed by atoms with Gasteiger partial charge in [0.2, 0.25) is 5.91 Å². The number of anilines is 1. The second kappa shape index (κ2) is 11.7. The summed E-state index contributed by atoms with van der Waals surface area (Å²) in [4.78, 5) is 17.1. The van der Waals surface area contributed by atoms with Gasteiger partial charge in [-0.15, -0.1) is 21.5 Å². The van der Waals surface area contributed by atoms with Gasteiger partial charge < -0.3 is 14.6 Å². The molecule has 4 aromatic rings. The molecule has 0 aliphatic carbocycles. The molecule has 2 heterocycles. The molecule has 0 fully saturated rings. The van der Waals surface area contributed by atoms with Crippen molar-refractivity contribution in [1.82, 2.24) is 19.7 Å².